The van der Waals surface area contributed by atoms with Crippen molar-refractivity contribution in [1.29, 1.82) is 0 Å². The second-order valence-electron chi connectivity index (χ2n) is 6.99. The van der Waals surface area contributed by atoms with Gasteiger partial charge in [0.15, 0.2) is 5.76 Å². The number of furan rings is 1. The summed E-state index contributed by atoms with van der Waals surface area (Å²) in [6.45, 7) is 8.58. The smallest absolute Gasteiger partial charge is 0.242 e. The molecule has 1 heterocycles. The van der Waals surface area contributed by atoms with Crippen molar-refractivity contribution in [3.8, 4) is 5.75 Å². The third kappa shape index (κ3) is 4.48. The first kappa shape index (κ1) is 17.2. The molecule has 25 heavy (non-hydrogen) atoms. The molecule has 128 valence electrons. The second-order valence-corrected chi connectivity index (χ2v) is 11.4. The van der Waals surface area contributed by atoms with E-state index in [4.69, 9.17) is 13.8 Å². The summed E-state index contributed by atoms with van der Waals surface area (Å²) < 4.78 is 11.9. The van der Waals surface area contributed by atoms with E-state index in [0.717, 1.165) is 34.0 Å². The quantitative estimate of drug-likeness (QED) is 0.420. The Hall–Kier alpha value is -2.59. The van der Waals surface area contributed by atoms with Crippen molar-refractivity contribution in [2.75, 3.05) is 0 Å². The van der Waals surface area contributed by atoms with Crippen LogP contribution in [0.5, 0.6) is 5.75 Å². The van der Waals surface area contributed by atoms with Crippen LogP contribution in [-0.4, -0.2) is 14.0 Å². The van der Waals surface area contributed by atoms with E-state index in [9.17, 15) is 0 Å². The van der Waals surface area contributed by atoms with Gasteiger partial charge in [-0.15, -0.1) is 0 Å². The summed E-state index contributed by atoms with van der Waals surface area (Å²) in [6.07, 6.45) is 1.67. The fourth-order valence-electron chi connectivity index (χ4n) is 2.52. The predicted octanol–water partition coefficient (Wildman–Crippen LogP) is 5.97. The highest BCUT2D eigenvalue weighted by Crippen LogP contribution is 2.32. The summed E-state index contributed by atoms with van der Waals surface area (Å²) >= 11 is 0. The third-order valence-electron chi connectivity index (χ3n) is 3.56. The minimum Gasteiger partial charge on any atom is -0.543 e. The predicted molar refractivity (Wildman–Crippen MR) is 106 cm³/mol. The number of hydrogen-bond donors (Lipinski definition) is 0. The lowest BCUT2D eigenvalue weighted by molar-refractivity contribution is 0.556. The monoisotopic (exact) mass is 349 g/mol. The fourth-order valence-corrected chi connectivity index (χ4v) is 3.35. The minimum absolute atomic E-state index is 0.742. The maximum atomic E-state index is 6.24. The van der Waals surface area contributed by atoms with Gasteiger partial charge in [-0.05, 0) is 56.4 Å². The van der Waals surface area contributed by atoms with E-state index < -0.39 is 8.32 Å². The zero-order chi connectivity index (χ0) is 17.9. The molecule has 0 amide bonds. The Labute approximate surface area is 150 Å². The van der Waals surface area contributed by atoms with E-state index in [1.165, 1.54) is 0 Å². The van der Waals surface area contributed by atoms with E-state index in [1.807, 2.05) is 48.5 Å². The van der Waals surface area contributed by atoms with Crippen molar-refractivity contribution in [3.63, 3.8) is 0 Å². The van der Waals surface area contributed by atoms with Gasteiger partial charge in [-0.2, -0.15) is 0 Å². The largest absolute Gasteiger partial charge is 0.543 e. The molecule has 0 saturated carbocycles. The first-order valence-corrected chi connectivity index (χ1v) is 11.8. The van der Waals surface area contributed by atoms with Gasteiger partial charge in [-0.1, -0.05) is 36.4 Å². The van der Waals surface area contributed by atoms with Crippen molar-refractivity contribution in [2.24, 2.45) is 4.99 Å². The molecule has 0 aliphatic heterocycles. The normalized spacial score (nSPS) is 12.2. The number of aryl methyl sites for hydroxylation is 1. The molecule has 0 bridgehead atoms. The Morgan fingerprint density at radius 1 is 0.960 bits per heavy atom. The molecular weight excluding hydrogens is 326 g/mol. The molecule has 3 rings (SSSR count). The third-order valence-corrected chi connectivity index (χ3v) is 4.40. The van der Waals surface area contributed by atoms with Crippen molar-refractivity contribution in [1.82, 2.24) is 0 Å². The van der Waals surface area contributed by atoms with Crippen LogP contribution in [0.4, 0.5) is 5.69 Å². The molecule has 0 aliphatic rings. The first-order chi connectivity index (χ1) is 11.9. The standard InChI is InChI=1S/C21H23NO2Si/c1-16-12-13-19(24-25(2,3)4)18(15-16)22-21(20-11-8-14-23-20)17-9-6-5-7-10-17/h5-15H,1-4H3. The van der Waals surface area contributed by atoms with Crippen LogP contribution in [0.15, 0.2) is 76.3 Å². The highest BCUT2D eigenvalue weighted by molar-refractivity contribution is 6.70. The van der Waals surface area contributed by atoms with Gasteiger partial charge >= 0.3 is 0 Å². The minimum atomic E-state index is -1.74. The molecule has 0 atom stereocenters. The lowest BCUT2D eigenvalue weighted by Crippen LogP contribution is -2.29. The summed E-state index contributed by atoms with van der Waals surface area (Å²) in [6, 6.07) is 20.0. The molecule has 0 radical (unpaired) electrons. The number of benzene rings is 2. The van der Waals surface area contributed by atoms with Gasteiger partial charge in [0.05, 0.1) is 6.26 Å². The molecule has 1 aromatic heterocycles. The summed E-state index contributed by atoms with van der Waals surface area (Å²) in [7, 11) is -1.74. The van der Waals surface area contributed by atoms with Crippen LogP contribution >= 0.6 is 0 Å². The molecule has 3 nitrogen and oxygen atoms in total. The number of aliphatic imine (C=N–C) groups is 1. The number of hydrogen-bond acceptors (Lipinski definition) is 3. The van der Waals surface area contributed by atoms with Gasteiger partial charge in [0.1, 0.15) is 17.1 Å². The van der Waals surface area contributed by atoms with Crippen molar-refractivity contribution in [2.45, 2.75) is 26.6 Å². The Bertz CT molecular complexity index is 863. The van der Waals surface area contributed by atoms with Gasteiger partial charge in [0.25, 0.3) is 0 Å². The Morgan fingerprint density at radius 3 is 2.36 bits per heavy atom. The number of nitrogens with zero attached hydrogens (tertiary/aromatic N) is 1. The van der Waals surface area contributed by atoms with Crippen LogP contribution in [0.3, 0.4) is 0 Å². The van der Waals surface area contributed by atoms with Crippen LogP contribution in [0.1, 0.15) is 16.9 Å². The fraction of sp³-hybridized carbons (Fsp3) is 0.190. The first-order valence-electron chi connectivity index (χ1n) is 8.40. The summed E-state index contributed by atoms with van der Waals surface area (Å²) in [5.41, 5.74) is 3.79. The maximum Gasteiger partial charge on any atom is 0.242 e. The SMILES string of the molecule is Cc1ccc(O[Si](C)(C)C)c(N=C(c2ccccc2)c2ccco2)c1. The van der Waals surface area contributed by atoms with Gasteiger partial charge in [0.2, 0.25) is 8.32 Å². The highest BCUT2D eigenvalue weighted by Gasteiger charge is 2.19. The van der Waals surface area contributed by atoms with Gasteiger partial charge in [0, 0.05) is 5.56 Å². The van der Waals surface area contributed by atoms with Crippen LogP contribution in [0, 0.1) is 6.92 Å². The average molecular weight is 350 g/mol. The topological polar surface area (TPSA) is 34.7 Å². The Kier molecular flexibility index (Phi) is 4.90. The van der Waals surface area contributed by atoms with Crippen molar-refractivity contribution >= 4 is 19.7 Å². The Balaban J connectivity index is 2.14. The van der Waals surface area contributed by atoms with Gasteiger partial charge in [-0.3, -0.25) is 0 Å². The summed E-state index contributed by atoms with van der Waals surface area (Å²) in [5, 5.41) is 0. The molecule has 2 aromatic carbocycles. The molecule has 0 spiro atoms. The molecule has 0 fully saturated rings. The number of rotatable bonds is 5. The molecule has 0 N–H and O–H groups in total. The molecule has 4 heteroatoms. The van der Waals surface area contributed by atoms with Crippen LogP contribution in [0.25, 0.3) is 0 Å². The van der Waals surface area contributed by atoms with E-state index in [-0.39, 0.29) is 0 Å². The summed E-state index contributed by atoms with van der Waals surface area (Å²) in [4.78, 5) is 4.94. The average Bonchev–Trinajstić information content (AvgIpc) is 3.09. The van der Waals surface area contributed by atoms with Crippen molar-refractivity contribution < 1.29 is 8.84 Å². The molecule has 0 unspecified atom stereocenters. The van der Waals surface area contributed by atoms with Crippen LogP contribution < -0.4 is 4.43 Å². The Morgan fingerprint density at radius 2 is 1.72 bits per heavy atom. The van der Waals surface area contributed by atoms with E-state index in [1.54, 1.807) is 6.26 Å². The molecule has 0 saturated heterocycles. The zero-order valence-corrected chi connectivity index (χ0v) is 16.1. The lowest BCUT2D eigenvalue weighted by Gasteiger charge is -2.21. The van der Waals surface area contributed by atoms with Crippen LogP contribution in [-0.2, 0) is 0 Å². The highest BCUT2D eigenvalue weighted by atomic mass is 28.4. The van der Waals surface area contributed by atoms with Crippen LogP contribution in [0.2, 0.25) is 19.6 Å². The zero-order valence-electron chi connectivity index (χ0n) is 15.1. The summed E-state index contributed by atoms with van der Waals surface area (Å²) in [5.74, 6) is 1.57. The second kappa shape index (κ2) is 7.11. The van der Waals surface area contributed by atoms with E-state index in [2.05, 4.69) is 38.7 Å². The van der Waals surface area contributed by atoms with Gasteiger partial charge < -0.3 is 8.84 Å². The van der Waals surface area contributed by atoms with E-state index >= 15 is 0 Å². The van der Waals surface area contributed by atoms with Crippen molar-refractivity contribution in [3.05, 3.63) is 83.8 Å². The molecular formula is C21H23NO2Si. The lowest BCUT2D eigenvalue weighted by atomic mass is 10.1. The van der Waals surface area contributed by atoms with Gasteiger partial charge in [-0.25, -0.2) is 4.99 Å². The molecule has 3 aromatic rings. The molecule has 0 aliphatic carbocycles. The van der Waals surface area contributed by atoms with E-state index in [0.29, 0.717) is 0 Å². The maximum absolute atomic E-state index is 6.24.